The molecule has 2 N–H and O–H groups in total. The second-order valence-corrected chi connectivity index (χ2v) is 4.86. The number of rotatable bonds is 6. The molecule has 0 aromatic heterocycles. The lowest BCUT2D eigenvalue weighted by Gasteiger charge is -2.17. The molecule has 0 aliphatic heterocycles. The number of nitriles is 1. The van der Waals surface area contributed by atoms with Gasteiger partial charge in [0.25, 0.3) is 5.91 Å². The van der Waals surface area contributed by atoms with Crippen molar-refractivity contribution in [3.63, 3.8) is 0 Å². The monoisotopic (exact) mass is 307 g/mol. The van der Waals surface area contributed by atoms with Gasteiger partial charge in [-0.2, -0.15) is 5.26 Å². The number of carbonyl (C=O) groups is 1. The Morgan fingerprint density at radius 1 is 1.57 bits per heavy atom. The van der Waals surface area contributed by atoms with Crippen molar-refractivity contribution in [2.75, 3.05) is 25.0 Å². The summed E-state index contributed by atoms with van der Waals surface area (Å²) in [5, 5.41) is 21.2. The van der Waals surface area contributed by atoms with Crippen LogP contribution < -0.4 is 5.32 Å². The maximum absolute atomic E-state index is 12.1. The van der Waals surface area contributed by atoms with Crippen LogP contribution in [0.15, 0.2) is 30.0 Å². The number of carbonyl (C=O) groups excluding carboxylic acids is 1. The second-order valence-electron chi connectivity index (χ2n) is 4.42. The van der Waals surface area contributed by atoms with Gasteiger partial charge in [-0.15, -0.1) is 0 Å². The number of aliphatic hydroxyl groups excluding tert-OH is 1. The van der Waals surface area contributed by atoms with Crippen molar-refractivity contribution in [3.05, 3.63) is 40.6 Å². The van der Waals surface area contributed by atoms with E-state index in [-0.39, 0.29) is 12.2 Å². The van der Waals surface area contributed by atoms with Crippen LogP contribution in [0.3, 0.4) is 0 Å². The number of amides is 1. The molecule has 1 aromatic carbocycles. The van der Waals surface area contributed by atoms with Crippen molar-refractivity contribution in [3.8, 4) is 6.07 Å². The van der Waals surface area contributed by atoms with Crippen molar-refractivity contribution in [2.45, 2.75) is 13.8 Å². The molecule has 0 saturated carbocycles. The normalized spacial score (nSPS) is 10.9. The van der Waals surface area contributed by atoms with Gasteiger partial charge in [0.2, 0.25) is 0 Å². The summed E-state index contributed by atoms with van der Waals surface area (Å²) in [6, 6.07) is 7.03. The molecule has 0 bridgehead atoms. The fraction of sp³-hybridized carbons (Fsp3) is 0.333. The van der Waals surface area contributed by atoms with Gasteiger partial charge in [0.05, 0.1) is 6.61 Å². The Morgan fingerprint density at radius 3 is 2.86 bits per heavy atom. The summed E-state index contributed by atoms with van der Waals surface area (Å²) in [4.78, 5) is 13.8. The third kappa shape index (κ3) is 5.10. The molecular formula is C15H18ClN3O2. The summed E-state index contributed by atoms with van der Waals surface area (Å²) in [6.07, 6.45) is 1.45. The van der Waals surface area contributed by atoms with Crippen LogP contribution in [-0.4, -0.2) is 35.6 Å². The lowest BCUT2D eigenvalue weighted by molar-refractivity contribution is -0.112. The Labute approximate surface area is 129 Å². The third-order valence-corrected chi connectivity index (χ3v) is 3.15. The number of halogens is 1. The maximum Gasteiger partial charge on any atom is 0.267 e. The molecule has 0 unspecified atom stereocenters. The molecule has 0 spiro atoms. The zero-order valence-electron chi connectivity index (χ0n) is 12.1. The van der Waals surface area contributed by atoms with Gasteiger partial charge >= 0.3 is 0 Å². The molecule has 0 atom stereocenters. The largest absolute Gasteiger partial charge is 0.395 e. The molecular weight excluding hydrogens is 290 g/mol. The molecule has 0 saturated heterocycles. The smallest absolute Gasteiger partial charge is 0.267 e. The van der Waals surface area contributed by atoms with E-state index in [1.807, 2.05) is 19.9 Å². The van der Waals surface area contributed by atoms with Crippen LogP contribution in [0.25, 0.3) is 0 Å². The molecule has 1 aromatic rings. The fourth-order valence-corrected chi connectivity index (χ4v) is 1.85. The number of aryl methyl sites for hydroxylation is 1. The number of anilines is 1. The number of nitrogens with one attached hydrogen (secondary N) is 1. The molecule has 0 aliphatic carbocycles. The van der Waals surface area contributed by atoms with Gasteiger partial charge in [-0.25, -0.2) is 0 Å². The molecule has 0 heterocycles. The van der Waals surface area contributed by atoms with Crippen molar-refractivity contribution in [1.82, 2.24) is 4.90 Å². The van der Waals surface area contributed by atoms with Crippen LogP contribution in [-0.2, 0) is 4.79 Å². The van der Waals surface area contributed by atoms with E-state index in [0.717, 1.165) is 5.56 Å². The molecule has 0 fully saturated rings. The van der Waals surface area contributed by atoms with E-state index in [4.69, 9.17) is 22.0 Å². The van der Waals surface area contributed by atoms with E-state index in [1.54, 1.807) is 23.1 Å². The minimum Gasteiger partial charge on any atom is -0.395 e. The summed E-state index contributed by atoms with van der Waals surface area (Å²) in [7, 11) is 0. The molecule has 1 rings (SSSR count). The van der Waals surface area contributed by atoms with Crippen molar-refractivity contribution < 1.29 is 9.90 Å². The van der Waals surface area contributed by atoms with Crippen LogP contribution in [0.4, 0.5) is 5.69 Å². The lowest BCUT2D eigenvalue weighted by atomic mass is 10.2. The predicted molar refractivity (Wildman–Crippen MR) is 82.8 cm³/mol. The quantitative estimate of drug-likeness (QED) is 0.624. The molecule has 21 heavy (non-hydrogen) atoms. The highest BCUT2D eigenvalue weighted by atomic mass is 35.5. The topological polar surface area (TPSA) is 76.4 Å². The van der Waals surface area contributed by atoms with Crippen LogP contribution in [0, 0.1) is 18.3 Å². The number of hydrogen-bond acceptors (Lipinski definition) is 4. The summed E-state index contributed by atoms with van der Waals surface area (Å²) in [6.45, 7) is 4.63. The van der Waals surface area contributed by atoms with Crippen LogP contribution in [0.5, 0.6) is 0 Å². The molecule has 0 radical (unpaired) electrons. The lowest BCUT2D eigenvalue weighted by Crippen LogP contribution is -2.24. The summed E-state index contributed by atoms with van der Waals surface area (Å²) in [5.74, 6) is -0.501. The van der Waals surface area contributed by atoms with Crippen LogP contribution in [0.1, 0.15) is 12.5 Å². The van der Waals surface area contributed by atoms with E-state index in [2.05, 4.69) is 5.32 Å². The van der Waals surface area contributed by atoms with Crippen molar-refractivity contribution in [2.24, 2.45) is 0 Å². The van der Waals surface area contributed by atoms with E-state index in [1.165, 1.54) is 6.20 Å². The van der Waals surface area contributed by atoms with Gasteiger partial charge in [-0.05, 0) is 31.5 Å². The average molecular weight is 308 g/mol. The minimum atomic E-state index is -0.501. The first-order valence-corrected chi connectivity index (χ1v) is 6.94. The zero-order valence-corrected chi connectivity index (χ0v) is 12.8. The Balaban J connectivity index is 2.92. The Hall–Kier alpha value is -2.03. The van der Waals surface area contributed by atoms with Crippen molar-refractivity contribution in [1.29, 1.82) is 5.26 Å². The van der Waals surface area contributed by atoms with E-state index in [9.17, 15) is 4.79 Å². The molecule has 112 valence electrons. The van der Waals surface area contributed by atoms with Gasteiger partial charge in [0.15, 0.2) is 0 Å². The number of likely N-dealkylation sites (N-methyl/N-ethyl adjacent to an activating group) is 1. The van der Waals surface area contributed by atoms with Crippen LogP contribution in [0.2, 0.25) is 5.02 Å². The van der Waals surface area contributed by atoms with Gasteiger partial charge in [0, 0.05) is 30.0 Å². The number of benzene rings is 1. The summed E-state index contributed by atoms with van der Waals surface area (Å²) < 4.78 is 0. The average Bonchev–Trinajstić information content (AvgIpc) is 2.47. The third-order valence-electron chi connectivity index (χ3n) is 2.92. The molecule has 6 heteroatoms. The Kier molecular flexibility index (Phi) is 6.73. The molecule has 5 nitrogen and oxygen atoms in total. The zero-order chi connectivity index (χ0) is 15.8. The summed E-state index contributed by atoms with van der Waals surface area (Å²) in [5.41, 5.74) is 1.40. The first-order chi connectivity index (χ1) is 10.0. The first kappa shape index (κ1) is 17.0. The SMILES string of the molecule is CCN(/C=C(/C#N)C(=O)Nc1cc(Cl)ccc1C)CCO. The Morgan fingerprint density at radius 2 is 2.29 bits per heavy atom. The van der Waals surface area contributed by atoms with Crippen molar-refractivity contribution >= 4 is 23.2 Å². The highest BCUT2D eigenvalue weighted by Crippen LogP contribution is 2.20. The number of hydrogen-bond donors (Lipinski definition) is 2. The van der Waals surface area contributed by atoms with Crippen LogP contribution >= 0.6 is 11.6 Å². The first-order valence-electron chi connectivity index (χ1n) is 6.56. The van der Waals surface area contributed by atoms with E-state index in [0.29, 0.717) is 23.8 Å². The summed E-state index contributed by atoms with van der Waals surface area (Å²) >= 11 is 5.89. The Bertz CT molecular complexity index is 579. The minimum absolute atomic E-state index is 0.0234. The number of aliphatic hydroxyl groups is 1. The maximum atomic E-state index is 12.1. The molecule has 0 aliphatic rings. The van der Waals surface area contributed by atoms with Gasteiger partial charge in [0.1, 0.15) is 11.6 Å². The highest BCUT2D eigenvalue weighted by Gasteiger charge is 2.12. The number of nitrogens with zero attached hydrogens (tertiary/aromatic N) is 2. The standard InChI is InChI=1S/C15H18ClN3O2/c1-3-19(6-7-20)10-12(9-17)15(21)18-14-8-13(16)5-4-11(14)2/h4-5,8,10,20H,3,6-7H2,1-2H3,(H,18,21)/b12-10-. The van der Waals surface area contributed by atoms with Gasteiger partial charge in [-0.3, -0.25) is 4.79 Å². The highest BCUT2D eigenvalue weighted by molar-refractivity contribution is 6.31. The van der Waals surface area contributed by atoms with Gasteiger partial charge in [-0.1, -0.05) is 17.7 Å². The van der Waals surface area contributed by atoms with E-state index >= 15 is 0 Å². The predicted octanol–water partition coefficient (Wildman–Crippen LogP) is 2.31. The molecule has 1 amide bonds. The van der Waals surface area contributed by atoms with E-state index < -0.39 is 5.91 Å². The second kappa shape index (κ2) is 8.30. The van der Waals surface area contributed by atoms with Gasteiger partial charge < -0.3 is 15.3 Å². The fourth-order valence-electron chi connectivity index (χ4n) is 1.68.